The molecule has 6 nitrogen and oxygen atoms in total. The zero-order valence-electron chi connectivity index (χ0n) is 17.4. The highest BCUT2D eigenvalue weighted by Crippen LogP contribution is 2.59. The highest BCUT2D eigenvalue weighted by Gasteiger charge is 2.60. The van der Waals surface area contributed by atoms with Gasteiger partial charge in [-0.25, -0.2) is 5.43 Å². The predicted octanol–water partition coefficient (Wildman–Crippen LogP) is 4.67. The Hall–Kier alpha value is -3.80. The van der Waals surface area contributed by atoms with Crippen LogP contribution in [-0.2, 0) is 10.2 Å². The predicted molar refractivity (Wildman–Crippen MR) is 120 cm³/mol. The number of hydrazone groups is 1. The molecule has 156 valence electrons. The van der Waals surface area contributed by atoms with E-state index in [2.05, 4.69) is 59.1 Å². The Bertz CT molecular complexity index is 1110. The van der Waals surface area contributed by atoms with E-state index in [4.69, 9.17) is 0 Å². The van der Waals surface area contributed by atoms with Crippen LogP contribution < -0.4 is 5.43 Å². The number of hydrogen-bond acceptors (Lipinski definition) is 4. The first-order valence-electron chi connectivity index (χ1n) is 10.1. The van der Waals surface area contributed by atoms with Gasteiger partial charge in [0.15, 0.2) is 0 Å². The monoisotopic (exact) mass is 413 g/mol. The number of hydrogen-bond donors (Lipinski definition) is 1. The lowest BCUT2D eigenvalue weighted by molar-refractivity contribution is -0.384. The maximum absolute atomic E-state index is 12.9. The molecule has 0 aliphatic heterocycles. The third-order valence-electron chi connectivity index (χ3n) is 5.88. The lowest BCUT2D eigenvalue weighted by Crippen LogP contribution is -2.25. The molecule has 1 atom stereocenters. The third kappa shape index (κ3) is 4.10. The number of benzene rings is 3. The number of nitro benzene ring substituents is 1. The largest absolute Gasteiger partial charge is 0.273 e. The molecular weight excluding hydrogens is 390 g/mol. The summed E-state index contributed by atoms with van der Waals surface area (Å²) in [4.78, 5) is 23.4. The number of nitrogens with zero attached hydrogens (tertiary/aromatic N) is 2. The minimum atomic E-state index is -0.461. The topological polar surface area (TPSA) is 84.6 Å². The molecule has 6 heteroatoms. The number of aryl methyl sites for hydroxylation is 2. The van der Waals surface area contributed by atoms with Gasteiger partial charge < -0.3 is 0 Å². The molecular formula is C25H23N3O3. The van der Waals surface area contributed by atoms with E-state index >= 15 is 0 Å². The van der Waals surface area contributed by atoms with Gasteiger partial charge in [-0.2, -0.15) is 5.10 Å². The molecule has 0 spiro atoms. The van der Waals surface area contributed by atoms with Crippen molar-refractivity contribution in [2.24, 2.45) is 11.0 Å². The summed E-state index contributed by atoms with van der Waals surface area (Å²) in [5.41, 5.74) is 7.36. The summed E-state index contributed by atoms with van der Waals surface area (Å²) in [6.07, 6.45) is 2.13. The molecule has 3 aromatic carbocycles. The van der Waals surface area contributed by atoms with E-state index in [1.165, 1.54) is 29.5 Å². The smallest absolute Gasteiger partial charge is 0.270 e. The number of nitrogens with one attached hydrogen (secondary N) is 1. The molecule has 1 fully saturated rings. The van der Waals surface area contributed by atoms with Crippen LogP contribution in [0.15, 0.2) is 77.9 Å². The summed E-state index contributed by atoms with van der Waals surface area (Å²) >= 11 is 0. The Morgan fingerprint density at radius 1 is 1.03 bits per heavy atom. The molecule has 1 N–H and O–H groups in total. The van der Waals surface area contributed by atoms with Crippen LogP contribution in [0, 0.1) is 29.9 Å². The molecule has 0 heterocycles. The van der Waals surface area contributed by atoms with E-state index in [0.29, 0.717) is 12.0 Å². The third-order valence-corrected chi connectivity index (χ3v) is 5.88. The van der Waals surface area contributed by atoms with Gasteiger partial charge in [0.1, 0.15) is 0 Å². The van der Waals surface area contributed by atoms with Crippen LogP contribution in [0.25, 0.3) is 0 Å². The summed E-state index contributed by atoms with van der Waals surface area (Å²) in [5.74, 6) is -0.400. The second kappa shape index (κ2) is 8.14. The van der Waals surface area contributed by atoms with Crippen molar-refractivity contribution in [1.29, 1.82) is 0 Å². The molecule has 1 aliphatic carbocycles. The van der Waals surface area contributed by atoms with Gasteiger partial charge in [-0.05, 0) is 31.4 Å². The molecule has 3 aromatic rings. The first kappa shape index (κ1) is 20.5. The molecule has 31 heavy (non-hydrogen) atoms. The lowest BCUT2D eigenvalue weighted by Gasteiger charge is -2.19. The first-order chi connectivity index (χ1) is 14.9. The number of carbonyl (C=O) groups excluding carboxylic acids is 1. The molecule has 0 bridgehead atoms. The van der Waals surface area contributed by atoms with E-state index in [1.807, 2.05) is 13.8 Å². The first-order valence-corrected chi connectivity index (χ1v) is 10.1. The van der Waals surface area contributed by atoms with Crippen LogP contribution in [0.3, 0.4) is 0 Å². The zero-order valence-corrected chi connectivity index (χ0v) is 17.4. The van der Waals surface area contributed by atoms with Gasteiger partial charge in [-0.15, -0.1) is 0 Å². The molecule has 0 saturated heterocycles. The van der Waals surface area contributed by atoms with Crippen LogP contribution in [0.5, 0.6) is 0 Å². The fourth-order valence-electron chi connectivity index (χ4n) is 4.05. The van der Waals surface area contributed by atoms with Gasteiger partial charge in [-0.3, -0.25) is 14.9 Å². The summed E-state index contributed by atoms with van der Waals surface area (Å²) in [6, 6.07) is 22.8. The van der Waals surface area contributed by atoms with Gasteiger partial charge in [0, 0.05) is 23.1 Å². The van der Waals surface area contributed by atoms with Crippen molar-refractivity contribution in [3.63, 3.8) is 0 Å². The summed E-state index contributed by atoms with van der Waals surface area (Å²) < 4.78 is 0. The second-order valence-corrected chi connectivity index (χ2v) is 8.05. The molecule has 1 amide bonds. The Labute approximate surface area is 180 Å². The maximum atomic E-state index is 12.9. The maximum Gasteiger partial charge on any atom is 0.270 e. The average Bonchev–Trinajstić information content (AvgIpc) is 3.52. The zero-order chi connectivity index (χ0) is 22.0. The highest BCUT2D eigenvalue weighted by atomic mass is 16.6. The highest BCUT2D eigenvalue weighted by molar-refractivity contribution is 5.88. The Kier molecular flexibility index (Phi) is 5.38. The summed E-state index contributed by atoms with van der Waals surface area (Å²) in [6.45, 7) is 4.09. The normalized spacial score (nSPS) is 16.8. The summed E-state index contributed by atoms with van der Waals surface area (Å²) in [7, 11) is 0. The van der Waals surface area contributed by atoms with Crippen LogP contribution in [-0.4, -0.2) is 17.0 Å². The number of amides is 1. The van der Waals surface area contributed by atoms with Crippen molar-refractivity contribution in [3.05, 3.63) is 111 Å². The molecule has 0 unspecified atom stereocenters. The Morgan fingerprint density at radius 2 is 1.61 bits per heavy atom. The van der Waals surface area contributed by atoms with Crippen molar-refractivity contribution >= 4 is 17.8 Å². The van der Waals surface area contributed by atoms with Crippen molar-refractivity contribution in [2.45, 2.75) is 25.7 Å². The Balaban J connectivity index is 1.55. The fourth-order valence-corrected chi connectivity index (χ4v) is 4.05. The van der Waals surface area contributed by atoms with Gasteiger partial charge in [0.2, 0.25) is 5.91 Å². The average molecular weight is 413 g/mol. The number of carbonyl (C=O) groups is 1. The number of nitro groups is 1. The van der Waals surface area contributed by atoms with Crippen molar-refractivity contribution in [2.75, 3.05) is 0 Å². The van der Waals surface area contributed by atoms with Crippen LogP contribution in [0.2, 0.25) is 0 Å². The van der Waals surface area contributed by atoms with Gasteiger partial charge >= 0.3 is 0 Å². The van der Waals surface area contributed by atoms with E-state index in [-0.39, 0.29) is 22.9 Å². The van der Waals surface area contributed by atoms with Crippen molar-refractivity contribution in [1.82, 2.24) is 5.43 Å². The van der Waals surface area contributed by atoms with Crippen LogP contribution in [0.4, 0.5) is 5.69 Å². The second-order valence-electron chi connectivity index (χ2n) is 8.05. The van der Waals surface area contributed by atoms with E-state index in [0.717, 1.165) is 11.1 Å². The van der Waals surface area contributed by atoms with Gasteiger partial charge in [-0.1, -0.05) is 71.8 Å². The van der Waals surface area contributed by atoms with E-state index in [1.54, 1.807) is 12.1 Å². The SMILES string of the molecule is Cc1ccc(C2(c3ccc(C)cc3)C[C@H]2C(=O)N/N=C\c2cccc([N+](=O)[O-])c2)cc1. The standard InChI is InChI=1S/C25H23N3O3/c1-17-6-10-20(11-7-17)25(21-12-8-18(2)9-13-21)15-23(25)24(29)27-26-16-19-4-3-5-22(14-19)28(30)31/h3-14,16,23H,15H2,1-2H3,(H,27,29)/b26-16-/t23-/m0/s1. The molecule has 1 saturated carbocycles. The van der Waals surface area contributed by atoms with Crippen molar-refractivity contribution in [3.8, 4) is 0 Å². The van der Waals surface area contributed by atoms with E-state index < -0.39 is 4.92 Å². The summed E-state index contributed by atoms with van der Waals surface area (Å²) in [5, 5.41) is 14.9. The minimum Gasteiger partial charge on any atom is -0.273 e. The number of rotatable bonds is 6. The fraction of sp³-hybridized carbons (Fsp3) is 0.200. The van der Waals surface area contributed by atoms with Gasteiger partial charge in [0.25, 0.3) is 5.69 Å². The lowest BCUT2D eigenvalue weighted by atomic mass is 9.85. The molecule has 4 rings (SSSR count). The minimum absolute atomic E-state index is 0.0183. The molecule has 0 aromatic heterocycles. The molecule has 0 radical (unpaired) electrons. The van der Waals surface area contributed by atoms with Crippen LogP contribution >= 0.6 is 0 Å². The quantitative estimate of drug-likeness (QED) is 0.362. The van der Waals surface area contributed by atoms with Crippen LogP contribution in [0.1, 0.15) is 34.2 Å². The van der Waals surface area contributed by atoms with Gasteiger partial charge in [0.05, 0.1) is 17.1 Å². The van der Waals surface area contributed by atoms with E-state index in [9.17, 15) is 14.9 Å². The number of non-ortho nitro benzene ring substituents is 1. The Morgan fingerprint density at radius 3 is 2.16 bits per heavy atom. The molecule has 1 aliphatic rings. The van der Waals surface area contributed by atoms with Crippen molar-refractivity contribution < 1.29 is 9.72 Å².